The van der Waals surface area contributed by atoms with Gasteiger partial charge in [-0.05, 0) is 42.8 Å². The summed E-state index contributed by atoms with van der Waals surface area (Å²) in [5, 5.41) is 4.14. The highest BCUT2D eigenvalue weighted by molar-refractivity contribution is 5.95. The van der Waals surface area contributed by atoms with Gasteiger partial charge in [-0.25, -0.2) is 18.0 Å². The van der Waals surface area contributed by atoms with Crippen molar-refractivity contribution in [1.82, 2.24) is 5.32 Å². The van der Waals surface area contributed by atoms with Gasteiger partial charge in [-0.1, -0.05) is 6.92 Å². The summed E-state index contributed by atoms with van der Waals surface area (Å²) in [6, 6.07) is 7.63. The third-order valence-corrected chi connectivity index (χ3v) is 3.65. The van der Waals surface area contributed by atoms with Crippen molar-refractivity contribution < 1.29 is 37.0 Å². The minimum atomic E-state index is -1.73. The summed E-state index contributed by atoms with van der Waals surface area (Å²) < 4.78 is 49.7. The van der Waals surface area contributed by atoms with Crippen molar-refractivity contribution in [3.8, 4) is 5.75 Å². The van der Waals surface area contributed by atoms with E-state index in [9.17, 15) is 27.6 Å². The van der Waals surface area contributed by atoms with Crippen LogP contribution < -0.4 is 15.4 Å². The van der Waals surface area contributed by atoms with E-state index in [-0.39, 0.29) is 5.56 Å². The predicted molar refractivity (Wildman–Crippen MR) is 100 cm³/mol. The van der Waals surface area contributed by atoms with E-state index < -0.39 is 54.1 Å². The summed E-state index contributed by atoms with van der Waals surface area (Å²) in [6.45, 7) is 1.25. The van der Waals surface area contributed by atoms with Crippen LogP contribution in [-0.4, -0.2) is 37.5 Å². The Balaban J connectivity index is 1.76. The SMILES string of the molecule is CCCOc1ccc(C(=O)OCC(=O)NCC(=O)Nc2ccc(F)c(F)c2F)cc1. The fourth-order valence-electron chi connectivity index (χ4n) is 2.17. The first-order valence-corrected chi connectivity index (χ1v) is 8.91. The van der Waals surface area contributed by atoms with Crippen LogP contribution >= 0.6 is 0 Å². The second-order valence-electron chi connectivity index (χ2n) is 6.00. The summed E-state index contributed by atoms with van der Waals surface area (Å²) in [4.78, 5) is 35.3. The molecule has 0 radical (unpaired) electrons. The Bertz CT molecular complexity index is 919. The molecule has 0 saturated heterocycles. The topological polar surface area (TPSA) is 93.7 Å². The Morgan fingerprint density at radius 1 is 0.933 bits per heavy atom. The third kappa shape index (κ3) is 6.50. The van der Waals surface area contributed by atoms with Crippen LogP contribution in [-0.2, 0) is 14.3 Å². The zero-order valence-electron chi connectivity index (χ0n) is 16.0. The molecule has 0 unspecified atom stereocenters. The fraction of sp³-hybridized carbons (Fsp3) is 0.250. The zero-order chi connectivity index (χ0) is 22.1. The minimum absolute atomic E-state index is 0.207. The second kappa shape index (κ2) is 10.8. The summed E-state index contributed by atoms with van der Waals surface area (Å²) in [6.07, 6.45) is 0.840. The van der Waals surface area contributed by atoms with E-state index in [4.69, 9.17) is 9.47 Å². The number of ether oxygens (including phenoxy) is 2. The first kappa shape index (κ1) is 22.7. The van der Waals surface area contributed by atoms with E-state index in [1.54, 1.807) is 12.1 Å². The number of rotatable bonds is 9. The maximum Gasteiger partial charge on any atom is 0.338 e. The van der Waals surface area contributed by atoms with Crippen LogP contribution in [0.5, 0.6) is 5.75 Å². The number of carbonyl (C=O) groups is 3. The number of amides is 2. The van der Waals surface area contributed by atoms with Crippen molar-refractivity contribution in [3.63, 3.8) is 0 Å². The Kier molecular flexibility index (Phi) is 8.21. The van der Waals surface area contributed by atoms with Crippen molar-refractivity contribution in [1.29, 1.82) is 0 Å². The van der Waals surface area contributed by atoms with Crippen LogP contribution in [0.2, 0.25) is 0 Å². The quantitative estimate of drug-likeness (QED) is 0.477. The molecule has 2 rings (SSSR count). The summed E-state index contributed by atoms with van der Waals surface area (Å²) in [5.74, 6) is -6.52. The Labute approximate surface area is 170 Å². The van der Waals surface area contributed by atoms with Gasteiger partial charge in [-0.3, -0.25) is 9.59 Å². The van der Waals surface area contributed by atoms with E-state index >= 15 is 0 Å². The molecule has 0 saturated carbocycles. The van der Waals surface area contributed by atoms with Crippen LogP contribution in [0.25, 0.3) is 0 Å². The molecule has 2 amide bonds. The van der Waals surface area contributed by atoms with E-state index in [0.29, 0.717) is 18.4 Å². The third-order valence-electron chi connectivity index (χ3n) is 3.65. The number of nitrogens with one attached hydrogen (secondary N) is 2. The van der Waals surface area contributed by atoms with Gasteiger partial charge in [0, 0.05) is 0 Å². The smallest absolute Gasteiger partial charge is 0.338 e. The number of anilines is 1. The largest absolute Gasteiger partial charge is 0.494 e. The maximum absolute atomic E-state index is 13.5. The Hall–Kier alpha value is -3.56. The number of hydrogen-bond donors (Lipinski definition) is 2. The standard InChI is InChI=1S/C20H19F3N2O5/c1-2-9-29-13-5-3-12(4-6-13)20(28)30-11-17(27)24-10-16(26)25-15-8-7-14(21)18(22)19(15)23/h3-8H,2,9-11H2,1H3,(H,24,27)(H,25,26). The van der Waals surface area contributed by atoms with Gasteiger partial charge in [0.15, 0.2) is 24.1 Å². The van der Waals surface area contributed by atoms with Gasteiger partial charge < -0.3 is 20.1 Å². The molecule has 2 aromatic carbocycles. The molecule has 0 spiro atoms. The molecular formula is C20H19F3N2O5. The van der Waals surface area contributed by atoms with Crippen molar-refractivity contribution in [2.45, 2.75) is 13.3 Å². The van der Waals surface area contributed by atoms with Crippen LogP contribution in [0.15, 0.2) is 36.4 Å². The number of hydrogen-bond acceptors (Lipinski definition) is 5. The fourth-order valence-corrected chi connectivity index (χ4v) is 2.17. The van der Waals surface area contributed by atoms with Crippen LogP contribution in [0.4, 0.5) is 18.9 Å². The molecule has 2 N–H and O–H groups in total. The van der Waals surface area contributed by atoms with Gasteiger partial charge in [-0.15, -0.1) is 0 Å². The molecule has 30 heavy (non-hydrogen) atoms. The molecule has 0 heterocycles. The second-order valence-corrected chi connectivity index (χ2v) is 6.00. The Morgan fingerprint density at radius 3 is 2.30 bits per heavy atom. The lowest BCUT2D eigenvalue weighted by atomic mass is 10.2. The zero-order valence-corrected chi connectivity index (χ0v) is 16.0. The van der Waals surface area contributed by atoms with E-state index in [1.165, 1.54) is 12.1 Å². The van der Waals surface area contributed by atoms with Gasteiger partial charge in [-0.2, -0.15) is 0 Å². The lowest BCUT2D eigenvalue weighted by Crippen LogP contribution is -2.35. The first-order chi connectivity index (χ1) is 14.3. The number of esters is 1. The summed E-state index contributed by atoms with van der Waals surface area (Å²) >= 11 is 0. The molecule has 2 aromatic rings. The van der Waals surface area contributed by atoms with Crippen LogP contribution in [0.3, 0.4) is 0 Å². The molecule has 0 aromatic heterocycles. The molecule has 0 atom stereocenters. The van der Waals surface area contributed by atoms with Crippen molar-refractivity contribution in [2.75, 3.05) is 25.1 Å². The van der Waals surface area contributed by atoms with E-state index in [0.717, 1.165) is 12.5 Å². The highest BCUT2D eigenvalue weighted by Crippen LogP contribution is 2.19. The normalized spacial score (nSPS) is 10.3. The van der Waals surface area contributed by atoms with E-state index in [2.05, 4.69) is 5.32 Å². The Morgan fingerprint density at radius 2 is 1.63 bits per heavy atom. The lowest BCUT2D eigenvalue weighted by Gasteiger charge is -2.09. The minimum Gasteiger partial charge on any atom is -0.494 e. The molecule has 0 fully saturated rings. The van der Waals surface area contributed by atoms with Crippen LogP contribution in [0.1, 0.15) is 23.7 Å². The van der Waals surface area contributed by atoms with Gasteiger partial charge in [0.05, 0.1) is 24.4 Å². The summed E-state index contributed by atoms with van der Waals surface area (Å²) in [7, 11) is 0. The predicted octanol–water partition coefficient (Wildman–Crippen LogP) is 2.80. The molecule has 7 nitrogen and oxygen atoms in total. The molecule has 10 heteroatoms. The number of halogens is 3. The van der Waals surface area contributed by atoms with Crippen LogP contribution in [0, 0.1) is 17.5 Å². The maximum atomic E-state index is 13.5. The van der Waals surface area contributed by atoms with E-state index in [1.807, 2.05) is 12.2 Å². The first-order valence-electron chi connectivity index (χ1n) is 8.91. The summed E-state index contributed by atoms with van der Waals surface area (Å²) in [5.41, 5.74) is -0.371. The van der Waals surface area contributed by atoms with Gasteiger partial charge in [0.25, 0.3) is 5.91 Å². The van der Waals surface area contributed by atoms with Gasteiger partial charge >= 0.3 is 5.97 Å². The highest BCUT2D eigenvalue weighted by Gasteiger charge is 2.16. The molecule has 0 bridgehead atoms. The lowest BCUT2D eigenvalue weighted by molar-refractivity contribution is -0.126. The monoisotopic (exact) mass is 424 g/mol. The molecule has 0 aliphatic rings. The highest BCUT2D eigenvalue weighted by atomic mass is 19.2. The average Bonchev–Trinajstić information content (AvgIpc) is 2.75. The van der Waals surface area contributed by atoms with Crippen molar-refractivity contribution >= 4 is 23.5 Å². The number of carbonyl (C=O) groups excluding carboxylic acids is 3. The van der Waals surface area contributed by atoms with Gasteiger partial charge in [0.2, 0.25) is 5.91 Å². The molecule has 0 aliphatic carbocycles. The molecule has 0 aliphatic heterocycles. The average molecular weight is 424 g/mol. The van der Waals surface area contributed by atoms with Gasteiger partial charge in [0.1, 0.15) is 5.75 Å². The molecule has 160 valence electrons. The molecular weight excluding hydrogens is 405 g/mol. The van der Waals surface area contributed by atoms with Crippen molar-refractivity contribution in [3.05, 3.63) is 59.4 Å². The number of benzene rings is 2. The van der Waals surface area contributed by atoms with Crippen molar-refractivity contribution in [2.24, 2.45) is 0 Å².